The third-order valence-electron chi connectivity index (χ3n) is 4.80. The number of rotatable bonds is 6. The second-order valence-electron chi connectivity index (χ2n) is 6.10. The van der Waals surface area contributed by atoms with E-state index in [2.05, 4.69) is 4.90 Å². The molecular formula is C15H30N2. The van der Waals surface area contributed by atoms with Crippen molar-refractivity contribution in [2.24, 2.45) is 17.6 Å². The molecule has 2 N–H and O–H groups in total. The predicted octanol–water partition coefficient (Wildman–Crippen LogP) is 3.02. The van der Waals surface area contributed by atoms with E-state index in [1.807, 2.05) is 0 Å². The molecule has 0 amide bonds. The molecule has 2 rings (SSSR count). The van der Waals surface area contributed by atoms with E-state index in [0.717, 1.165) is 18.4 Å². The first kappa shape index (κ1) is 13.4. The van der Waals surface area contributed by atoms with Gasteiger partial charge in [-0.3, -0.25) is 0 Å². The fraction of sp³-hybridized carbons (Fsp3) is 1.00. The second kappa shape index (κ2) is 7.38. The Balaban J connectivity index is 1.59. The van der Waals surface area contributed by atoms with E-state index in [-0.39, 0.29) is 0 Å². The Morgan fingerprint density at radius 3 is 2.47 bits per heavy atom. The van der Waals surface area contributed by atoms with Gasteiger partial charge in [0.25, 0.3) is 0 Å². The first-order valence-electron chi connectivity index (χ1n) is 7.82. The Labute approximate surface area is 107 Å². The van der Waals surface area contributed by atoms with E-state index < -0.39 is 0 Å². The van der Waals surface area contributed by atoms with Crippen molar-refractivity contribution >= 4 is 0 Å². The number of nitrogens with two attached hydrogens (primary N) is 1. The summed E-state index contributed by atoms with van der Waals surface area (Å²) in [5.74, 6) is 2.12. The van der Waals surface area contributed by atoms with Gasteiger partial charge >= 0.3 is 0 Å². The van der Waals surface area contributed by atoms with Gasteiger partial charge in [-0.05, 0) is 57.2 Å². The third-order valence-corrected chi connectivity index (χ3v) is 4.80. The first-order valence-corrected chi connectivity index (χ1v) is 7.82. The van der Waals surface area contributed by atoms with Crippen molar-refractivity contribution < 1.29 is 0 Å². The van der Waals surface area contributed by atoms with Crippen LogP contribution in [0.15, 0.2) is 0 Å². The van der Waals surface area contributed by atoms with Crippen molar-refractivity contribution in [2.45, 2.75) is 57.8 Å². The van der Waals surface area contributed by atoms with Crippen LogP contribution in [-0.4, -0.2) is 31.1 Å². The van der Waals surface area contributed by atoms with E-state index in [4.69, 9.17) is 5.73 Å². The van der Waals surface area contributed by atoms with Gasteiger partial charge in [0.1, 0.15) is 0 Å². The molecule has 0 aromatic heterocycles. The van der Waals surface area contributed by atoms with Crippen molar-refractivity contribution in [3.63, 3.8) is 0 Å². The maximum absolute atomic E-state index is 5.52. The quantitative estimate of drug-likeness (QED) is 0.721. The Bertz CT molecular complexity index is 205. The lowest BCUT2D eigenvalue weighted by Crippen LogP contribution is -2.42. The minimum absolute atomic E-state index is 0.869. The predicted molar refractivity (Wildman–Crippen MR) is 74.0 cm³/mol. The highest BCUT2D eigenvalue weighted by Gasteiger charge is 2.30. The third kappa shape index (κ3) is 4.26. The maximum Gasteiger partial charge on any atom is 0.00123 e. The number of hydrogen-bond acceptors (Lipinski definition) is 2. The molecule has 1 saturated carbocycles. The number of fused-ring (bicyclic) bond motifs is 1. The van der Waals surface area contributed by atoms with E-state index in [0.29, 0.717) is 0 Å². The van der Waals surface area contributed by atoms with Gasteiger partial charge < -0.3 is 10.6 Å². The molecule has 2 aliphatic rings. The van der Waals surface area contributed by atoms with Crippen LogP contribution in [0.4, 0.5) is 0 Å². The highest BCUT2D eigenvalue weighted by atomic mass is 15.1. The fourth-order valence-electron chi connectivity index (χ4n) is 3.71. The van der Waals surface area contributed by atoms with Gasteiger partial charge in [0.15, 0.2) is 0 Å². The highest BCUT2D eigenvalue weighted by molar-refractivity contribution is 4.83. The highest BCUT2D eigenvalue weighted by Crippen LogP contribution is 2.35. The monoisotopic (exact) mass is 238 g/mol. The van der Waals surface area contributed by atoms with E-state index in [1.54, 1.807) is 0 Å². The topological polar surface area (TPSA) is 29.3 Å². The molecule has 0 aromatic rings. The van der Waals surface area contributed by atoms with Crippen LogP contribution >= 0.6 is 0 Å². The molecule has 0 aromatic carbocycles. The molecule has 2 heteroatoms. The molecule has 2 fully saturated rings. The van der Waals surface area contributed by atoms with E-state index in [1.165, 1.54) is 77.4 Å². The number of likely N-dealkylation sites (tertiary alicyclic amines) is 1. The summed E-state index contributed by atoms with van der Waals surface area (Å²) < 4.78 is 0. The summed E-state index contributed by atoms with van der Waals surface area (Å²) in [6.07, 6.45) is 12.8. The fourth-order valence-corrected chi connectivity index (χ4v) is 3.71. The number of unbranched alkanes of at least 4 members (excludes halogenated alkanes) is 3. The van der Waals surface area contributed by atoms with E-state index >= 15 is 0 Å². The number of nitrogens with zero attached hydrogens (tertiary/aromatic N) is 1. The average molecular weight is 238 g/mol. The molecule has 17 heavy (non-hydrogen) atoms. The molecule has 1 heterocycles. The summed E-state index contributed by atoms with van der Waals surface area (Å²) >= 11 is 0. The van der Waals surface area contributed by atoms with Gasteiger partial charge in [0.2, 0.25) is 0 Å². The van der Waals surface area contributed by atoms with Crippen LogP contribution in [0.2, 0.25) is 0 Å². The molecule has 0 bridgehead atoms. The second-order valence-corrected chi connectivity index (χ2v) is 6.10. The zero-order valence-corrected chi connectivity index (χ0v) is 11.4. The van der Waals surface area contributed by atoms with Crippen molar-refractivity contribution in [1.82, 2.24) is 4.90 Å². The Morgan fingerprint density at radius 1 is 0.882 bits per heavy atom. The van der Waals surface area contributed by atoms with Gasteiger partial charge in [0, 0.05) is 6.54 Å². The van der Waals surface area contributed by atoms with Crippen LogP contribution in [0, 0.1) is 11.8 Å². The van der Waals surface area contributed by atoms with Crippen LogP contribution < -0.4 is 5.73 Å². The lowest BCUT2D eigenvalue weighted by atomic mass is 9.75. The zero-order chi connectivity index (χ0) is 11.9. The zero-order valence-electron chi connectivity index (χ0n) is 11.4. The summed E-state index contributed by atoms with van der Waals surface area (Å²) in [4.78, 5) is 2.73. The molecule has 2 nitrogen and oxygen atoms in total. The maximum atomic E-state index is 5.52. The minimum Gasteiger partial charge on any atom is -0.330 e. The van der Waals surface area contributed by atoms with Gasteiger partial charge in [-0.15, -0.1) is 0 Å². The average Bonchev–Trinajstić information content (AvgIpc) is 2.38. The van der Waals surface area contributed by atoms with Crippen LogP contribution in [-0.2, 0) is 0 Å². The van der Waals surface area contributed by atoms with Crippen molar-refractivity contribution in [3.05, 3.63) is 0 Å². The molecule has 1 saturated heterocycles. The molecular weight excluding hydrogens is 208 g/mol. The molecule has 0 unspecified atom stereocenters. The van der Waals surface area contributed by atoms with Gasteiger partial charge in [-0.2, -0.15) is 0 Å². The smallest absolute Gasteiger partial charge is 0.00123 e. The lowest BCUT2D eigenvalue weighted by molar-refractivity contribution is 0.0856. The molecule has 0 spiro atoms. The molecule has 0 radical (unpaired) electrons. The Hall–Kier alpha value is -0.0800. The van der Waals surface area contributed by atoms with Crippen molar-refractivity contribution in [3.8, 4) is 0 Å². The van der Waals surface area contributed by atoms with Crippen molar-refractivity contribution in [1.29, 1.82) is 0 Å². The molecule has 1 aliphatic heterocycles. The number of piperidine rings is 1. The summed E-state index contributed by atoms with van der Waals surface area (Å²) in [7, 11) is 0. The van der Waals surface area contributed by atoms with Gasteiger partial charge in [-0.1, -0.05) is 32.1 Å². The van der Waals surface area contributed by atoms with Crippen LogP contribution in [0.3, 0.4) is 0 Å². The van der Waals surface area contributed by atoms with Gasteiger partial charge in [-0.25, -0.2) is 0 Å². The standard InChI is InChI=1S/C15H30N2/c16-10-5-1-2-6-11-17-12-9-14-7-3-4-8-15(14)13-17/h14-15H,1-13,16H2/t14-,15+/m0/s1. The normalized spacial score (nSPS) is 30.2. The van der Waals surface area contributed by atoms with Crippen LogP contribution in [0.5, 0.6) is 0 Å². The SMILES string of the molecule is NCCCCCCN1CC[C@@H]2CCCC[C@@H]2C1. The summed E-state index contributed by atoms with van der Waals surface area (Å²) in [6.45, 7) is 4.99. The van der Waals surface area contributed by atoms with Crippen LogP contribution in [0.1, 0.15) is 57.8 Å². The lowest BCUT2D eigenvalue weighted by Gasteiger charge is -2.41. The van der Waals surface area contributed by atoms with E-state index in [9.17, 15) is 0 Å². The Kier molecular flexibility index (Phi) is 5.79. The summed E-state index contributed by atoms with van der Waals surface area (Å²) in [6, 6.07) is 0. The molecule has 1 aliphatic carbocycles. The summed E-state index contributed by atoms with van der Waals surface area (Å²) in [5.41, 5.74) is 5.52. The summed E-state index contributed by atoms with van der Waals surface area (Å²) in [5, 5.41) is 0. The Morgan fingerprint density at radius 2 is 1.65 bits per heavy atom. The van der Waals surface area contributed by atoms with Crippen molar-refractivity contribution in [2.75, 3.05) is 26.2 Å². The number of hydrogen-bond donors (Lipinski definition) is 1. The molecule has 2 atom stereocenters. The van der Waals surface area contributed by atoms with Gasteiger partial charge in [0.05, 0.1) is 0 Å². The molecule has 100 valence electrons. The minimum atomic E-state index is 0.869. The van der Waals surface area contributed by atoms with Crippen LogP contribution in [0.25, 0.3) is 0 Å². The largest absolute Gasteiger partial charge is 0.330 e. The first-order chi connectivity index (χ1) is 8.40.